The van der Waals surface area contributed by atoms with Gasteiger partial charge in [0.1, 0.15) is 5.75 Å². The molecule has 0 spiro atoms. The van der Waals surface area contributed by atoms with Crippen molar-refractivity contribution in [1.82, 2.24) is 16.2 Å². The van der Waals surface area contributed by atoms with Crippen molar-refractivity contribution in [3.05, 3.63) is 29.8 Å². The third-order valence-corrected chi connectivity index (χ3v) is 6.80. The molecule has 0 aliphatic carbocycles. The summed E-state index contributed by atoms with van der Waals surface area (Å²) in [6.07, 6.45) is 0.848. The monoisotopic (exact) mass is 367 g/mol. The van der Waals surface area contributed by atoms with Gasteiger partial charge in [-0.2, -0.15) is 0 Å². The molecule has 3 N–H and O–H groups in total. The first-order chi connectivity index (χ1) is 11.9. The van der Waals surface area contributed by atoms with E-state index in [4.69, 9.17) is 4.74 Å². The highest BCUT2D eigenvalue weighted by molar-refractivity contribution is 7.91. The average molecular weight is 367 g/mol. The molecular weight excluding hydrogens is 342 g/mol. The van der Waals surface area contributed by atoms with Gasteiger partial charge in [0.2, 0.25) is 5.91 Å². The number of nitrogens with one attached hydrogen (secondary N) is 3. The first-order valence-corrected chi connectivity index (χ1v) is 10.3. The molecule has 1 aromatic carbocycles. The first-order valence-electron chi connectivity index (χ1n) is 8.53. The summed E-state index contributed by atoms with van der Waals surface area (Å²) in [5, 5.41) is 2.88. The fourth-order valence-corrected chi connectivity index (χ4v) is 5.24. The van der Waals surface area contributed by atoms with E-state index >= 15 is 0 Å². The Hall–Kier alpha value is -1.64. The zero-order valence-electron chi connectivity index (χ0n) is 14.5. The summed E-state index contributed by atoms with van der Waals surface area (Å²) in [5.74, 6) is 0.987. The molecule has 2 aliphatic rings. The molecule has 2 saturated heterocycles. The Morgan fingerprint density at radius 2 is 2.00 bits per heavy atom. The number of methoxy groups -OCH3 is 1. The van der Waals surface area contributed by atoms with E-state index in [-0.39, 0.29) is 41.5 Å². The largest absolute Gasteiger partial charge is 0.497 e. The molecule has 2 aliphatic heterocycles. The predicted molar refractivity (Wildman–Crippen MR) is 94.8 cm³/mol. The van der Waals surface area contributed by atoms with Gasteiger partial charge in [0.15, 0.2) is 9.84 Å². The second-order valence-electron chi connectivity index (χ2n) is 6.86. The van der Waals surface area contributed by atoms with Crippen LogP contribution in [-0.2, 0) is 14.6 Å². The average Bonchev–Trinajstić information content (AvgIpc) is 3.10. The normalized spacial score (nSPS) is 31.0. The Kier molecular flexibility index (Phi) is 5.31. The Morgan fingerprint density at radius 3 is 2.60 bits per heavy atom. The SMILES string of the molecule is COc1ccc(C2NNC(C)C2CC(=O)NC2CCS(=O)(=O)C2)cc1. The summed E-state index contributed by atoms with van der Waals surface area (Å²) < 4.78 is 28.2. The van der Waals surface area contributed by atoms with E-state index in [0.717, 1.165) is 11.3 Å². The van der Waals surface area contributed by atoms with Crippen LogP contribution >= 0.6 is 0 Å². The molecule has 0 radical (unpaired) electrons. The summed E-state index contributed by atoms with van der Waals surface area (Å²) in [4.78, 5) is 12.4. The van der Waals surface area contributed by atoms with Gasteiger partial charge in [-0.1, -0.05) is 12.1 Å². The number of benzene rings is 1. The van der Waals surface area contributed by atoms with Crippen LogP contribution in [-0.4, -0.2) is 45.0 Å². The van der Waals surface area contributed by atoms with Gasteiger partial charge in [0, 0.05) is 24.4 Å². The van der Waals surface area contributed by atoms with Gasteiger partial charge in [-0.3, -0.25) is 10.2 Å². The molecule has 0 bridgehead atoms. The molecule has 2 fully saturated rings. The minimum Gasteiger partial charge on any atom is -0.497 e. The minimum atomic E-state index is -2.99. The molecule has 4 atom stereocenters. The molecule has 0 aromatic heterocycles. The number of hydrazine groups is 1. The third-order valence-electron chi connectivity index (χ3n) is 5.03. The van der Waals surface area contributed by atoms with Crippen molar-refractivity contribution in [2.75, 3.05) is 18.6 Å². The number of sulfone groups is 1. The van der Waals surface area contributed by atoms with E-state index in [1.807, 2.05) is 31.2 Å². The maximum absolute atomic E-state index is 12.4. The first kappa shape index (κ1) is 18.2. The van der Waals surface area contributed by atoms with Gasteiger partial charge < -0.3 is 10.1 Å². The van der Waals surface area contributed by atoms with Gasteiger partial charge in [-0.15, -0.1) is 0 Å². The molecule has 2 heterocycles. The molecule has 4 unspecified atom stereocenters. The maximum Gasteiger partial charge on any atom is 0.220 e. The highest BCUT2D eigenvalue weighted by Crippen LogP contribution is 2.32. The molecule has 7 nitrogen and oxygen atoms in total. The molecular formula is C17H25N3O4S. The van der Waals surface area contributed by atoms with Crippen LogP contribution < -0.4 is 20.9 Å². The van der Waals surface area contributed by atoms with Crippen LogP contribution in [0.2, 0.25) is 0 Å². The maximum atomic E-state index is 12.4. The van der Waals surface area contributed by atoms with Gasteiger partial charge in [0.05, 0.1) is 24.7 Å². The van der Waals surface area contributed by atoms with E-state index in [1.165, 1.54) is 0 Å². The van der Waals surface area contributed by atoms with Crippen molar-refractivity contribution in [2.24, 2.45) is 5.92 Å². The van der Waals surface area contributed by atoms with Crippen LogP contribution in [0, 0.1) is 5.92 Å². The summed E-state index contributed by atoms with van der Waals surface area (Å²) in [6.45, 7) is 2.04. The zero-order chi connectivity index (χ0) is 18.0. The minimum absolute atomic E-state index is 0.0129. The lowest BCUT2D eigenvalue weighted by Crippen LogP contribution is -2.38. The highest BCUT2D eigenvalue weighted by atomic mass is 32.2. The Balaban J connectivity index is 1.63. The van der Waals surface area contributed by atoms with Crippen LogP contribution in [0.4, 0.5) is 0 Å². The van der Waals surface area contributed by atoms with Gasteiger partial charge in [-0.05, 0) is 31.0 Å². The molecule has 25 heavy (non-hydrogen) atoms. The summed E-state index contributed by atoms with van der Waals surface area (Å²) in [7, 11) is -1.36. The lowest BCUT2D eigenvalue weighted by molar-refractivity contribution is -0.122. The van der Waals surface area contributed by atoms with E-state index in [2.05, 4.69) is 16.2 Å². The van der Waals surface area contributed by atoms with E-state index < -0.39 is 9.84 Å². The lowest BCUT2D eigenvalue weighted by Gasteiger charge is -2.22. The Labute approximate surface area is 148 Å². The van der Waals surface area contributed by atoms with Gasteiger partial charge >= 0.3 is 0 Å². The summed E-state index contributed by atoms with van der Waals surface area (Å²) >= 11 is 0. The summed E-state index contributed by atoms with van der Waals surface area (Å²) in [6, 6.07) is 7.68. The van der Waals surface area contributed by atoms with Crippen molar-refractivity contribution >= 4 is 15.7 Å². The van der Waals surface area contributed by atoms with Crippen LogP contribution in [0.5, 0.6) is 5.75 Å². The number of hydrogen-bond acceptors (Lipinski definition) is 6. The fourth-order valence-electron chi connectivity index (χ4n) is 3.57. The summed E-state index contributed by atoms with van der Waals surface area (Å²) in [5.41, 5.74) is 7.54. The van der Waals surface area contributed by atoms with Gasteiger partial charge in [-0.25, -0.2) is 13.8 Å². The van der Waals surface area contributed by atoms with Gasteiger partial charge in [0.25, 0.3) is 0 Å². The quantitative estimate of drug-likeness (QED) is 0.703. The molecule has 138 valence electrons. The van der Waals surface area contributed by atoms with Crippen molar-refractivity contribution < 1.29 is 17.9 Å². The smallest absolute Gasteiger partial charge is 0.220 e. The number of carbonyl (C=O) groups is 1. The molecule has 8 heteroatoms. The van der Waals surface area contributed by atoms with Crippen molar-refractivity contribution in [3.8, 4) is 5.75 Å². The fraction of sp³-hybridized carbons (Fsp3) is 0.588. The van der Waals surface area contributed by atoms with Crippen molar-refractivity contribution in [3.63, 3.8) is 0 Å². The third kappa shape index (κ3) is 4.31. The van der Waals surface area contributed by atoms with Crippen LogP contribution in [0.1, 0.15) is 31.4 Å². The Morgan fingerprint density at radius 1 is 1.28 bits per heavy atom. The molecule has 3 rings (SSSR count). The van der Waals surface area contributed by atoms with E-state index in [9.17, 15) is 13.2 Å². The molecule has 1 aromatic rings. The van der Waals surface area contributed by atoms with Crippen molar-refractivity contribution in [1.29, 1.82) is 0 Å². The van der Waals surface area contributed by atoms with E-state index in [0.29, 0.717) is 12.8 Å². The zero-order valence-corrected chi connectivity index (χ0v) is 15.3. The standard InChI is InChI=1S/C17H25N3O4S/c1-11-15(9-16(21)18-13-7-8-25(22,23)10-13)17(20-19-11)12-3-5-14(24-2)6-4-12/h3-6,11,13,15,17,19-20H,7-10H2,1-2H3,(H,18,21). The number of hydrogen-bond donors (Lipinski definition) is 3. The highest BCUT2D eigenvalue weighted by Gasteiger charge is 2.36. The number of rotatable bonds is 5. The molecule has 0 saturated carbocycles. The lowest BCUT2D eigenvalue weighted by atomic mass is 9.87. The topological polar surface area (TPSA) is 96.5 Å². The second kappa shape index (κ2) is 7.31. The van der Waals surface area contributed by atoms with Crippen LogP contribution in [0.15, 0.2) is 24.3 Å². The van der Waals surface area contributed by atoms with E-state index in [1.54, 1.807) is 7.11 Å². The number of amides is 1. The predicted octanol–water partition coefficient (Wildman–Crippen LogP) is 0.542. The Bertz CT molecular complexity index is 720. The van der Waals surface area contributed by atoms with Crippen LogP contribution in [0.3, 0.4) is 0 Å². The number of carbonyl (C=O) groups excluding carboxylic acids is 1. The molecule has 1 amide bonds. The van der Waals surface area contributed by atoms with Crippen molar-refractivity contribution in [2.45, 2.75) is 37.9 Å². The number of ether oxygens (including phenoxy) is 1. The second-order valence-corrected chi connectivity index (χ2v) is 9.09. The van der Waals surface area contributed by atoms with Crippen LogP contribution in [0.25, 0.3) is 0 Å².